The molecule has 1 spiro atoms. The van der Waals surface area contributed by atoms with Gasteiger partial charge in [0.2, 0.25) is 0 Å². The van der Waals surface area contributed by atoms with Gasteiger partial charge >= 0.3 is 0 Å². The number of benzene rings is 1. The lowest BCUT2D eigenvalue weighted by atomic mass is 9.58. The van der Waals surface area contributed by atoms with Gasteiger partial charge in [-0.3, -0.25) is 0 Å². The van der Waals surface area contributed by atoms with Crippen molar-refractivity contribution in [2.24, 2.45) is 5.92 Å². The highest BCUT2D eigenvalue weighted by molar-refractivity contribution is 5.55. The first-order valence-corrected chi connectivity index (χ1v) is 7.78. The summed E-state index contributed by atoms with van der Waals surface area (Å²) in [6.45, 7) is 2.38. The number of hydrogen-bond donors (Lipinski definition) is 0. The van der Waals surface area contributed by atoms with Crippen molar-refractivity contribution in [3.63, 3.8) is 0 Å². The Morgan fingerprint density at radius 2 is 2.25 bits per heavy atom. The summed E-state index contributed by atoms with van der Waals surface area (Å²) >= 11 is 0. The molecule has 0 bridgehead atoms. The van der Waals surface area contributed by atoms with Gasteiger partial charge in [0.05, 0.1) is 7.11 Å². The quantitative estimate of drug-likeness (QED) is 0.785. The molecule has 0 amide bonds. The summed E-state index contributed by atoms with van der Waals surface area (Å²) in [5, 5.41) is 0. The van der Waals surface area contributed by atoms with Gasteiger partial charge in [0.15, 0.2) is 11.5 Å². The van der Waals surface area contributed by atoms with Crippen molar-refractivity contribution < 1.29 is 9.47 Å². The molecule has 4 rings (SSSR count). The third-order valence-corrected chi connectivity index (χ3v) is 5.72. The zero-order chi connectivity index (χ0) is 13.7. The van der Waals surface area contributed by atoms with Gasteiger partial charge in [-0.05, 0) is 51.3 Å². The summed E-state index contributed by atoms with van der Waals surface area (Å²) in [6.07, 6.45) is 5.40. The summed E-state index contributed by atoms with van der Waals surface area (Å²) in [5.74, 6) is 2.66. The van der Waals surface area contributed by atoms with Crippen molar-refractivity contribution in [3.05, 3.63) is 23.8 Å². The molecule has 0 unspecified atom stereocenters. The van der Waals surface area contributed by atoms with E-state index in [1.165, 1.54) is 44.3 Å². The fourth-order valence-corrected chi connectivity index (χ4v) is 4.79. The Labute approximate surface area is 120 Å². The Morgan fingerprint density at radius 3 is 3.10 bits per heavy atom. The zero-order valence-corrected chi connectivity index (χ0v) is 12.4. The van der Waals surface area contributed by atoms with E-state index in [9.17, 15) is 0 Å². The molecule has 3 nitrogen and oxygen atoms in total. The van der Waals surface area contributed by atoms with Crippen LogP contribution in [0, 0.1) is 5.92 Å². The van der Waals surface area contributed by atoms with Crippen molar-refractivity contribution in [2.75, 3.05) is 27.2 Å². The van der Waals surface area contributed by atoms with E-state index in [-0.39, 0.29) is 5.41 Å². The molecule has 3 atom stereocenters. The van der Waals surface area contributed by atoms with E-state index in [1.807, 2.05) is 6.07 Å². The fourth-order valence-electron chi connectivity index (χ4n) is 4.79. The second kappa shape index (κ2) is 4.39. The summed E-state index contributed by atoms with van der Waals surface area (Å²) < 4.78 is 11.9. The maximum absolute atomic E-state index is 6.38. The number of rotatable bonds is 1. The molecule has 1 aromatic carbocycles. The molecular weight excluding hydrogens is 250 g/mol. The van der Waals surface area contributed by atoms with E-state index in [1.54, 1.807) is 7.11 Å². The minimum atomic E-state index is 0.245. The number of nitrogens with zero attached hydrogens (tertiary/aromatic N) is 1. The van der Waals surface area contributed by atoms with Gasteiger partial charge in [-0.1, -0.05) is 12.1 Å². The Bertz CT molecular complexity index is 530. The van der Waals surface area contributed by atoms with Crippen molar-refractivity contribution in [2.45, 2.75) is 37.2 Å². The molecular formula is C17H23NO2. The average Bonchev–Trinajstić information content (AvgIpc) is 2.80. The predicted octanol–water partition coefficient (Wildman–Crippen LogP) is 2.83. The van der Waals surface area contributed by atoms with E-state index < -0.39 is 0 Å². The van der Waals surface area contributed by atoms with Crippen molar-refractivity contribution in [1.82, 2.24) is 4.90 Å². The smallest absolute Gasteiger partial charge is 0.165 e. The Balaban J connectivity index is 1.85. The van der Waals surface area contributed by atoms with Gasteiger partial charge in [0.1, 0.15) is 6.10 Å². The van der Waals surface area contributed by atoms with Crippen LogP contribution in [0.2, 0.25) is 0 Å². The number of likely N-dealkylation sites (tertiary alicyclic amines) is 1. The first kappa shape index (κ1) is 12.5. The Kier molecular flexibility index (Phi) is 2.75. The Hall–Kier alpha value is -1.22. The fraction of sp³-hybridized carbons (Fsp3) is 0.647. The molecule has 2 fully saturated rings. The van der Waals surface area contributed by atoms with E-state index >= 15 is 0 Å². The number of methoxy groups -OCH3 is 1. The van der Waals surface area contributed by atoms with Crippen LogP contribution in [0.25, 0.3) is 0 Å². The standard InChI is InChI=1S/C17H23NO2/c1-18-10-9-17-12(11-18)5-3-8-15(17)20-16-13(17)6-4-7-14(16)19-2/h4,6-7,12,15H,3,5,8-11H2,1-2H3/t12-,15+,17+/m0/s1. The molecule has 2 heterocycles. The van der Waals surface area contributed by atoms with Crippen molar-refractivity contribution in [1.29, 1.82) is 0 Å². The zero-order valence-electron chi connectivity index (χ0n) is 12.4. The van der Waals surface area contributed by atoms with Crippen LogP contribution in [0.15, 0.2) is 18.2 Å². The lowest BCUT2D eigenvalue weighted by molar-refractivity contribution is -0.000159. The van der Waals surface area contributed by atoms with Crippen LogP contribution < -0.4 is 9.47 Å². The van der Waals surface area contributed by atoms with Gasteiger partial charge in [-0.25, -0.2) is 0 Å². The summed E-state index contributed by atoms with van der Waals surface area (Å²) in [4.78, 5) is 2.48. The molecule has 0 N–H and O–H groups in total. The highest BCUT2D eigenvalue weighted by Crippen LogP contribution is 2.58. The lowest BCUT2D eigenvalue weighted by Gasteiger charge is -2.50. The number of piperidine rings is 1. The maximum atomic E-state index is 6.38. The van der Waals surface area contributed by atoms with Crippen molar-refractivity contribution in [3.8, 4) is 11.5 Å². The molecule has 2 aliphatic heterocycles. The van der Waals surface area contributed by atoms with Crippen molar-refractivity contribution >= 4 is 0 Å². The van der Waals surface area contributed by atoms with E-state index in [0.29, 0.717) is 6.10 Å². The van der Waals surface area contributed by atoms with Crippen LogP contribution in [0.3, 0.4) is 0 Å². The molecule has 3 heteroatoms. The van der Waals surface area contributed by atoms with Crippen LogP contribution in [0.1, 0.15) is 31.2 Å². The molecule has 0 radical (unpaired) electrons. The third-order valence-electron chi connectivity index (χ3n) is 5.72. The SMILES string of the molecule is COc1cccc2c1O[C@@H]1CCC[C@H]3CN(C)CC[C@]231. The van der Waals surface area contributed by atoms with Crippen LogP contribution in [-0.2, 0) is 5.41 Å². The highest BCUT2D eigenvalue weighted by Gasteiger charge is 2.57. The summed E-state index contributed by atoms with van der Waals surface area (Å²) in [6, 6.07) is 6.43. The van der Waals surface area contributed by atoms with Gasteiger partial charge in [-0.15, -0.1) is 0 Å². The molecule has 1 saturated heterocycles. The predicted molar refractivity (Wildman–Crippen MR) is 78.5 cm³/mol. The molecule has 1 aromatic rings. The topological polar surface area (TPSA) is 21.7 Å². The van der Waals surface area contributed by atoms with Gasteiger partial charge < -0.3 is 14.4 Å². The lowest BCUT2D eigenvalue weighted by Crippen LogP contribution is -2.55. The van der Waals surface area contributed by atoms with E-state index in [2.05, 4.69) is 24.1 Å². The number of fused-ring (bicyclic) bond motifs is 1. The molecule has 0 aromatic heterocycles. The highest BCUT2D eigenvalue weighted by atomic mass is 16.5. The first-order chi connectivity index (χ1) is 9.75. The number of hydrogen-bond acceptors (Lipinski definition) is 3. The van der Waals surface area contributed by atoms with Crippen LogP contribution in [-0.4, -0.2) is 38.3 Å². The maximum Gasteiger partial charge on any atom is 0.165 e. The third kappa shape index (κ3) is 1.50. The first-order valence-electron chi connectivity index (χ1n) is 7.78. The van der Waals surface area contributed by atoms with Gasteiger partial charge in [0.25, 0.3) is 0 Å². The summed E-state index contributed by atoms with van der Waals surface area (Å²) in [7, 11) is 3.99. The second-order valence-electron chi connectivity index (χ2n) is 6.62. The molecule has 1 saturated carbocycles. The second-order valence-corrected chi connectivity index (χ2v) is 6.62. The monoisotopic (exact) mass is 273 g/mol. The normalized spacial score (nSPS) is 35.7. The van der Waals surface area contributed by atoms with Gasteiger partial charge in [-0.2, -0.15) is 0 Å². The minimum Gasteiger partial charge on any atom is -0.493 e. The average molecular weight is 273 g/mol. The molecule has 1 aliphatic carbocycles. The van der Waals surface area contributed by atoms with Crippen LogP contribution in [0.4, 0.5) is 0 Å². The molecule has 3 aliphatic rings. The minimum absolute atomic E-state index is 0.245. The van der Waals surface area contributed by atoms with E-state index in [0.717, 1.165) is 17.4 Å². The number of ether oxygens (including phenoxy) is 2. The van der Waals surface area contributed by atoms with E-state index in [4.69, 9.17) is 9.47 Å². The molecule has 20 heavy (non-hydrogen) atoms. The van der Waals surface area contributed by atoms with Gasteiger partial charge in [0, 0.05) is 17.5 Å². The molecule has 108 valence electrons. The largest absolute Gasteiger partial charge is 0.493 e. The van der Waals surface area contributed by atoms with Crippen LogP contribution in [0.5, 0.6) is 11.5 Å². The summed E-state index contributed by atoms with van der Waals surface area (Å²) in [5.41, 5.74) is 1.66. The van der Waals surface area contributed by atoms with Crippen LogP contribution >= 0.6 is 0 Å². The number of para-hydroxylation sites is 1. The Morgan fingerprint density at radius 1 is 1.35 bits per heavy atom.